The quantitative estimate of drug-likeness (QED) is 0.747. The SMILES string of the molecule is Cn1nc(C(F)(F)F)n(CC2CC2)c1=O. The summed E-state index contributed by atoms with van der Waals surface area (Å²) in [5.74, 6) is -0.894. The van der Waals surface area contributed by atoms with Crippen LogP contribution >= 0.6 is 0 Å². The number of aryl methyl sites for hydroxylation is 1. The predicted octanol–water partition coefficient (Wildman–Crippen LogP) is 1.01. The van der Waals surface area contributed by atoms with Crippen LogP contribution in [0.4, 0.5) is 13.2 Å². The van der Waals surface area contributed by atoms with Gasteiger partial charge < -0.3 is 0 Å². The summed E-state index contributed by atoms with van der Waals surface area (Å²) in [7, 11) is 1.22. The molecule has 0 N–H and O–H groups in total. The first kappa shape index (κ1) is 10.3. The van der Waals surface area contributed by atoms with Gasteiger partial charge in [0.15, 0.2) is 0 Å². The summed E-state index contributed by atoms with van der Waals surface area (Å²) in [6.45, 7) is 0.127. The largest absolute Gasteiger partial charge is 0.451 e. The van der Waals surface area contributed by atoms with Crippen LogP contribution in [0.5, 0.6) is 0 Å². The second-order valence-corrected chi connectivity index (χ2v) is 3.78. The Morgan fingerprint density at radius 2 is 2.07 bits per heavy atom. The lowest BCUT2D eigenvalue weighted by Crippen LogP contribution is -2.26. The molecule has 1 saturated carbocycles. The van der Waals surface area contributed by atoms with Gasteiger partial charge in [-0.3, -0.25) is 4.57 Å². The molecule has 1 fully saturated rings. The minimum absolute atomic E-state index is 0.127. The molecule has 0 atom stereocenters. The van der Waals surface area contributed by atoms with Crippen molar-refractivity contribution < 1.29 is 13.2 Å². The van der Waals surface area contributed by atoms with Gasteiger partial charge in [-0.1, -0.05) is 0 Å². The predicted molar refractivity (Wildman–Crippen MR) is 45.2 cm³/mol. The molecule has 0 aromatic carbocycles. The molecular weight excluding hydrogens is 211 g/mol. The molecule has 2 rings (SSSR count). The zero-order valence-corrected chi connectivity index (χ0v) is 8.08. The zero-order chi connectivity index (χ0) is 11.2. The molecule has 0 saturated heterocycles. The van der Waals surface area contributed by atoms with E-state index in [1.54, 1.807) is 0 Å². The van der Waals surface area contributed by atoms with E-state index in [4.69, 9.17) is 0 Å². The van der Waals surface area contributed by atoms with Gasteiger partial charge in [0, 0.05) is 13.6 Å². The Kier molecular flexibility index (Phi) is 2.13. The average Bonchev–Trinajstić information content (AvgIpc) is 2.86. The summed E-state index contributed by atoms with van der Waals surface area (Å²) in [6.07, 6.45) is -2.79. The van der Waals surface area contributed by atoms with Crippen LogP contribution in [0.3, 0.4) is 0 Å². The molecule has 0 radical (unpaired) electrons. The van der Waals surface area contributed by atoms with E-state index in [1.165, 1.54) is 7.05 Å². The number of alkyl halides is 3. The van der Waals surface area contributed by atoms with Crippen molar-refractivity contribution in [1.82, 2.24) is 14.3 Å². The van der Waals surface area contributed by atoms with Crippen molar-refractivity contribution in [1.29, 1.82) is 0 Å². The Morgan fingerprint density at radius 3 is 2.53 bits per heavy atom. The van der Waals surface area contributed by atoms with E-state index in [-0.39, 0.29) is 12.5 Å². The molecule has 84 valence electrons. The lowest BCUT2D eigenvalue weighted by Gasteiger charge is -2.06. The highest BCUT2D eigenvalue weighted by Gasteiger charge is 2.39. The molecule has 1 heterocycles. The van der Waals surface area contributed by atoms with E-state index in [9.17, 15) is 18.0 Å². The van der Waals surface area contributed by atoms with Gasteiger partial charge in [-0.2, -0.15) is 13.2 Å². The number of halogens is 3. The zero-order valence-electron chi connectivity index (χ0n) is 8.08. The maximum absolute atomic E-state index is 12.5. The van der Waals surface area contributed by atoms with Crippen LogP contribution in [0, 0.1) is 5.92 Å². The van der Waals surface area contributed by atoms with Gasteiger partial charge in [0.05, 0.1) is 0 Å². The fraction of sp³-hybridized carbons (Fsp3) is 0.750. The van der Waals surface area contributed by atoms with Gasteiger partial charge in [0.1, 0.15) is 0 Å². The summed E-state index contributed by atoms with van der Waals surface area (Å²) >= 11 is 0. The van der Waals surface area contributed by atoms with Crippen LogP contribution in [0.1, 0.15) is 18.7 Å². The normalized spacial score (nSPS) is 17.1. The average molecular weight is 221 g/mol. The summed E-state index contributed by atoms with van der Waals surface area (Å²) in [5, 5.41) is 3.20. The first-order valence-electron chi connectivity index (χ1n) is 4.60. The van der Waals surface area contributed by atoms with Gasteiger partial charge in [-0.25, -0.2) is 9.48 Å². The Bertz CT molecular complexity index is 427. The second-order valence-electron chi connectivity index (χ2n) is 3.78. The van der Waals surface area contributed by atoms with Crippen molar-refractivity contribution in [3.05, 3.63) is 16.3 Å². The van der Waals surface area contributed by atoms with Crippen molar-refractivity contribution in [2.75, 3.05) is 0 Å². The molecule has 1 aromatic rings. The molecule has 0 bridgehead atoms. The van der Waals surface area contributed by atoms with Gasteiger partial charge >= 0.3 is 11.9 Å². The summed E-state index contributed by atoms with van der Waals surface area (Å²) in [4.78, 5) is 11.4. The van der Waals surface area contributed by atoms with E-state index >= 15 is 0 Å². The van der Waals surface area contributed by atoms with Crippen molar-refractivity contribution in [3.8, 4) is 0 Å². The van der Waals surface area contributed by atoms with E-state index < -0.39 is 17.7 Å². The molecule has 7 heteroatoms. The van der Waals surface area contributed by atoms with Crippen LogP contribution < -0.4 is 5.69 Å². The number of hydrogen-bond acceptors (Lipinski definition) is 2. The smallest absolute Gasteiger partial charge is 0.271 e. The number of rotatable bonds is 2. The van der Waals surface area contributed by atoms with Crippen molar-refractivity contribution in [2.45, 2.75) is 25.6 Å². The summed E-state index contributed by atoms with van der Waals surface area (Å²) < 4.78 is 38.9. The highest BCUT2D eigenvalue weighted by atomic mass is 19.4. The van der Waals surface area contributed by atoms with Crippen molar-refractivity contribution >= 4 is 0 Å². The third kappa shape index (κ3) is 1.91. The standard InChI is InChI=1S/C8H10F3N3O/c1-13-7(15)14(4-5-2-3-5)6(12-13)8(9,10)11/h5H,2-4H2,1H3. The fourth-order valence-corrected chi connectivity index (χ4v) is 1.44. The molecule has 0 aliphatic heterocycles. The van der Waals surface area contributed by atoms with E-state index in [0.29, 0.717) is 0 Å². The van der Waals surface area contributed by atoms with E-state index in [2.05, 4.69) is 5.10 Å². The maximum Gasteiger partial charge on any atom is 0.451 e. The Balaban J connectivity index is 2.43. The molecule has 0 spiro atoms. The molecule has 0 unspecified atom stereocenters. The highest BCUT2D eigenvalue weighted by molar-refractivity contribution is 4.94. The Labute approximate surface area is 83.3 Å². The minimum Gasteiger partial charge on any atom is -0.271 e. The van der Waals surface area contributed by atoms with Crippen LogP contribution in [-0.4, -0.2) is 14.3 Å². The summed E-state index contributed by atoms with van der Waals surface area (Å²) in [5.41, 5.74) is -0.700. The van der Waals surface area contributed by atoms with Crippen molar-refractivity contribution in [3.63, 3.8) is 0 Å². The maximum atomic E-state index is 12.5. The van der Waals surface area contributed by atoms with E-state index in [0.717, 1.165) is 22.1 Å². The monoisotopic (exact) mass is 221 g/mol. The Morgan fingerprint density at radius 1 is 1.47 bits per heavy atom. The van der Waals surface area contributed by atoms with Gasteiger partial charge in [0.2, 0.25) is 5.82 Å². The number of hydrogen-bond donors (Lipinski definition) is 0. The second kappa shape index (κ2) is 3.11. The third-order valence-corrected chi connectivity index (χ3v) is 2.40. The van der Waals surface area contributed by atoms with Crippen LogP contribution in [0.25, 0.3) is 0 Å². The van der Waals surface area contributed by atoms with Gasteiger partial charge in [-0.15, -0.1) is 5.10 Å². The topological polar surface area (TPSA) is 39.8 Å². The molecular formula is C8H10F3N3O. The number of nitrogens with zero attached hydrogens (tertiary/aromatic N) is 3. The molecule has 1 aliphatic rings. The van der Waals surface area contributed by atoms with Crippen molar-refractivity contribution in [2.24, 2.45) is 13.0 Å². The molecule has 4 nitrogen and oxygen atoms in total. The van der Waals surface area contributed by atoms with Crippen LogP contribution in [0.15, 0.2) is 4.79 Å². The minimum atomic E-state index is -4.56. The lowest BCUT2D eigenvalue weighted by atomic mass is 10.4. The Hall–Kier alpha value is -1.27. The van der Waals surface area contributed by atoms with Crippen LogP contribution in [-0.2, 0) is 19.8 Å². The third-order valence-electron chi connectivity index (χ3n) is 2.40. The lowest BCUT2D eigenvalue weighted by molar-refractivity contribution is -0.147. The van der Waals surface area contributed by atoms with E-state index in [1.807, 2.05) is 0 Å². The van der Waals surface area contributed by atoms with Gasteiger partial charge in [-0.05, 0) is 18.8 Å². The molecule has 1 aliphatic carbocycles. The van der Waals surface area contributed by atoms with Crippen LogP contribution in [0.2, 0.25) is 0 Å². The first-order valence-corrected chi connectivity index (χ1v) is 4.60. The summed E-state index contributed by atoms with van der Waals surface area (Å²) in [6, 6.07) is 0. The van der Waals surface area contributed by atoms with Gasteiger partial charge in [0.25, 0.3) is 0 Å². The first-order chi connectivity index (χ1) is 6.89. The molecule has 1 aromatic heterocycles. The number of aromatic nitrogens is 3. The highest BCUT2D eigenvalue weighted by Crippen LogP contribution is 2.33. The molecule has 0 amide bonds. The molecule has 15 heavy (non-hydrogen) atoms. The fourth-order valence-electron chi connectivity index (χ4n) is 1.44.